The molecule has 2 amide bonds. The number of pyridine rings is 2. The minimum atomic E-state index is -0.0988. The van der Waals surface area contributed by atoms with Crippen LogP contribution in [0.25, 0.3) is 0 Å². The van der Waals surface area contributed by atoms with Crippen LogP contribution in [0.15, 0.2) is 46.9 Å². The molecule has 0 saturated carbocycles. The van der Waals surface area contributed by atoms with Crippen LogP contribution in [0, 0.1) is 12.3 Å². The van der Waals surface area contributed by atoms with Crippen molar-refractivity contribution < 1.29 is 9.59 Å². The maximum Gasteiger partial charge on any atom is 0.252 e. The second-order valence-electron chi connectivity index (χ2n) is 14.7. The fraction of sp³-hybridized carbons (Fsp3) is 0.667. The first kappa shape index (κ1) is 67.6. The summed E-state index contributed by atoms with van der Waals surface area (Å²) < 4.78 is 0. The number of aromatic nitrogens is 2. The number of nitrogens with zero attached hydrogens (tertiary/aromatic N) is 6. The van der Waals surface area contributed by atoms with Gasteiger partial charge in [-0.3, -0.25) is 20.4 Å². The zero-order valence-electron chi connectivity index (χ0n) is 42.7. The number of rotatable bonds is 25. The summed E-state index contributed by atoms with van der Waals surface area (Å²) in [6.07, 6.45) is 21.1. The molecule has 0 radical (unpaired) electrons. The lowest BCUT2D eigenvalue weighted by atomic mass is 10.2. The number of hydrogen-bond acceptors (Lipinski definition) is 14. The summed E-state index contributed by atoms with van der Waals surface area (Å²) in [5.74, 6) is 10.3. The Morgan fingerprint density at radius 1 is 0.625 bits per heavy atom. The van der Waals surface area contributed by atoms with Gasteiger partial charge in [-0.05, 0) is 111 Å². The zero-order valence-corrected chi connectivity index (χ0v) is 46.0. The minimum absolute atomic E-state index is 0.0917. The highest BCUT2D eigenvalue weighted by atomic mass is 32.2. The molecule has 0 saturated heterocycles. The van der Waals surface area contributed by atoms with Crippen LogP contribution in [0.2, 0.25) is 0 Å². The van der Waals surface area contributed by atoms with Gasteiger partial charge in [0, 0.05) is 79.4 Å². The van der Waals surface area contributed by atoms with E-state index < -0.39 is 0 Å². The van der Waals surface area contributed by atoms with Gasteiger partial charge in [-0.15, -0.1) is 12.3 Å². The third-order valence-electron chi connectivity index (χ3n) is 7.43. The van der Waals surface area contributed by atoms with Gasteiger partial charge in [-0.25, -0.2) is 9.97 Å². The molecule has 2 rings (SSSR count). The van der Waals surface area contributed by atoms with Crippen molar-refractivity contribution >= 4 is 81.9 Å². The summed E-state index contributed by atoms with van der Waals surface area (Å²) in [5, 5.41) is 13.7. The SMILES string of the molecule is C#CCCCC.CCCCCC.CCSCCN(C)C.CCSCCNC(=O)c1ccc(NN=C(C)C)nc1.CSCCN(C)C.CSCCNC(=O)c1ccc(NN=C(C)C)nc1. The molecular formula is C48H90N10O2S4. The summed E-state index contributed by atoms with van der Waals surface area (Å²) in [5.41, 5.74) is 8.56. The number of carbonyl (C=O) groups excluding carboxylic acids is 2. The summed E-state index contributed by atoms with van der Waals surface area (Å²) in [6.45, 7) is 22.2. The van der Waals surface area contributed by atoms with Gasteiger partial charge in [0.05, 0.1) is 11.1 Å². The number of hydrogen-bond donors (Lipinski definition) is 4. The normalized spacial score (nSPS) is 9.62. The number of carbonyl (C=O) groups is 2. The van der Waals surface area contributed by atoms with E-state index in [1.54, 1.807) is 54.0 Å². The highest BCUT2D eigenvalue weighted by Gasteiger charge is 2.06. The van der Waals surface area contributed by atoms with E-state index in [0.717, 1.165) is 35.1 Å². The van der Waals surface area contributed by atoms with Crippen LogP contribution < -0.4 is 21.5 Å². The molecule has 0 aliphatic heterocycles. The lowest BCUT2D eigenvalue weighted by Gasteiger charge is -2.06. The Kier molecular flexibility index (Phi) is 55.7. The standard InChI is InChI=1S/C13H20N4OS.C12H18N4OS.C6H15NS.C6H14.C6H10.C5H13NS/c1-4-19-8-7-14-13(18)11-5-6-12(15-9-11)17-16-10(2)3;1-9(2)15-16-11-5-4-10(8-14-11)12(17)13-6-7-18-3;1-4-8-6-5-7(2)3;2*1-3-5-6-4-2;1-6(2)4-5-7-3/h5-6,9H,4,7-8H2,1-3H3,(H,14,18)(H,15,17);4-5,8H,6-7H2,1-3H3,(H,13,17)(H,14,16);4-6H2,1-3H3;3-6H2,1-2H3;1H,4-6H2,2H3;4-5H2,1-3H3. The van der Waals surface area contributed by atoms with E-state index in [2.05, 4.69) is 126 Å². The summed E-state index contributed by atoms with van der Waals surface area (Å²) >= 11 is 7.38. The molecular weight excluding hydrogens is 877 g/mol. The molecule has 64 heavy (non-hydrogen) atoms. The molecule has 0 fully saturated rings. The van der Waals surface area contributed by atoms with E-state index in [9.17, 15) is 9.59 Å². The van der Waals surface area contributed by atoms with E-state index in [1.807, 2.05) is 57.5 Å². The number of terminal acetylenes is 1. The topological polar surface area (TPSA) is 139 Å². The summed E-state index contributed by atoms with van der Waals surface area (Å²) in [7, 11) is 8.40. The minimum Gasteiger partial charge on any atom is -0.351 e. The largest absolute Gasteiger partial charge is 0.351 e. The molecule has 0 spiro atoms. The zero-order chi connectivity index (χ0) is 49.2. The Labute approximate surface area is 409 Å². The molecule has 2 heterocycles. The fourth-order valence-corrected chi connectivity index (χ4v) is 5.99. The Balaban J connectivity index is -0.000000365. The number of anilines is 2. The molecule has 2 aromatic heterocycles. The van der Waals surface area contributed by atoms with Gasteiger partial charge in [0.25, 0.3) is 11.8 Å². The summed E-state index contributed by atoms with van der Waals surface area (Å²) in [4.78, 5) is 36.1. The van der Waals surface area contributed by atoms with Crippen molar-refractivity contribution in [3.05, 3.63) is 47.8 Å². The van der Waals surface area contributed by atoms with Gasteiger partial charge in [0.1, 0.15) is 11.6 Å². The smallest absolute Gasteiger partial charge is 0.252 e. The number of unbranched alkanes of at least 4 members (excludes halogenated alkanes) is 5. The van der Waals surface area contributed by atoms with Crippen LogP contribution in [0.1, 0.15) is 128 Å². The fourth-order valence-electron chi connectivity index (χ4n) is 3.82. The number of nitrogens with one attached hydrogen (secondary N) is 4. The molecule has 16 heteroatoms. The van der Waals surface area contributed by atoms with E-state index in [0.29, 0.717) is 35.9 Å². The van der Waals surface area contributed by atoms with E-state index in [-0.39, 0.29) is 11.8 Å². The molecule has 12 nitrogen and oxygen atoms in total. The quantitative estimate of drug-likeness (QED) is 0.0326. The number of thioether (sulfide) groups is 4. The monoisotopic (exact) mass is 967 g/mol. The average molecular weight is 968 g/mol. The number of amides is 2. The molecule has 0 aliphatic carbocycles. The van der Waals surface area contributed by atoms with Crippen molar-refractivity contribution in [2.75, 3.05) is 112 Å². The van der Waals surface area contributed by atoms with Gasteiger partial charge in [-0.1, -0.05) is 66.7 Å². The Hall–Kier alpha value is -2.94. The highest BCUT2D eigenvalue weighted by molar-refractivity contribution is 7.99. The maximum absolute atomic E-state index is 11.8. The van der Waals surface area contributed by atoms with E-state index in [1.165, 1.54) is 75.1 Å². The van der Waals surface area contributed by atoms with Crippen molar-refractivity contribution in [3.8, 4) is 12.3 Å². The third kappa shape index (κ3) is 53.4. The lowest BCUT2D eigenvalue weighted by Crippen LogP contribution is -2.25. The van der Waals surface area contributed by atoms with E-state index >= 15 is 0 Å². The van der Waals surface area contributed by atoms with Crippen molar-refractivity contribution in [1.82, 2.24) is 30.4 Å². The second kappa shape index (κ2) is 52.7. The van der Waals surface area contributed by atoms with E-state index in [4.69, 9.17) is 6.42 Å². The first-order valence-electron chi connectivity index (χ1n) is 22.5. The second-order valence-corrected chi connectivity index (χ2v) is 19.5. The summed E-state index contributed by atoms with van der Waals surface area (Å²) in [6, 6.07) is 6.93. The number of hydrazone groups is 2. The van der Waals surface area contributed by atoms with Gasteiger partial charge < -0.3 is 20.4 Å². The van der Waals surface area contributed by atoms with Crippen LogP contribution in [0.3, 0.4) is 0 Å². The molecule has 0 unspecified atom stereocenters. The van der Waals surface area contributed by atoms with Crippen LogP contribution >= 0.6 is 47.0 Å². The molecule has 368 valence electrons. The third-order valence-corrected chi connectivity index (χ3v) is 10.4. The van der Waals surface area contributed by atoms with Gasteiger partial charge in [0.2, 0.25) is 0 Å². The molecule has 2 aromatic rings. The molecule has 0 aromatic carbocycles. The van der Waals surface area contributed by atoms with Crippen molar-refractivity contribution in [3.63, 3.8) is 0 Å². The van der Waals surface area contributed by atoms with Gasteiger partial charge in [0.15, 0.2) is 0 Å². The molecule has 0 bridgehead atoms. The predicted molar refractivity (Wildman–Crippen MR) is 296 cm³/mol. The molecule has 0 atom stereocenters. The van der Waals surface area contributed by atoms with Crippen LogP contribution in [-0.4, -0.2) is 144 Å². The first-order chi connectivity index (χ1) is 30.6. The van der Waals surface area contributed by atoms with Crippen molar-refractivity contribution in [2.24, 2.45) is 10.2 Å². The van der Waals surface area contributed by atoms with Gasteiger partial charge in [-0.2, -0.15) is 57.3 Å². The Morgan fingerprint density at radius 2 is 1.03 bits per heavy atom. The average Bonchev–Trinajstić information content (AvgIpc) is 3.28. The van der Waals surface area contributed by atoms with Crippen molar-refractivity contribution in [1.29, 1.82) is 0 Å². The van der Waals surface area contributed by atoms with Crippen LogP contribution in [-0.2, 0) is 0 Å². The van der Waals surface area contributed by atoms with Crippen molar-refractivity contribution in [2.45, 2.75) is 107 Å². The van der Waals surface area contributed by atoms with Crippen LogP contribution in [0.4, 0.5) is 11.6 Å². The first-order valence-corrected chi connectivity index (χ1v) is 27.6. The Bertz CT molecular complexity index is 1430. The molecule has 4 N–H and O–H groups in total. The molecule has 0 aliphatic rings. The predicted octanol–water partition coefficient (Wildman–Crippen LogP) is 11.0. The maximum atomic E-state index is 11.8. The van der Waals surface area contributed by atoms with Gasteiger partial charge >= 0.3 is 0 Å². The highest BCUT2D eigenvalue weighted by Crippen LogP contribution is 2.07. The Morgan fingerprint density at radius 3 is 1.33 bits per heavy atom. The van der Waals surface area contributed by atoms with Crippen LogP contribution in [0.5, 0.6) is 0 Å². The lowest BCUT2D eigenvalue weighted by molar-refractivity contribution is 0.0947.